The van der Waals surface area contributed by atoms with Gasteiger partial charge in [0.25, 0.3) is 0 Å². The Balaban J connectivity index is 1.57. The molecule has 0 atom stereocenters. The summed E-state index contributed by atoms with van der Waals surface area (Å²) in [4.78, 5) is 16.3. The summed E-state index contributed by atoms with van der Waals surface area (Å²) in [6.45, 7) is 2.68. The monoisotopic (exact) mass is 315 g/mol. The molecule has 0 aliphatic rings. The first-order chi connectivity index (χ1) is 10.8. The first kappa shape index (κ1) is 14.6. The summed E-state index contributed by atoms with van der Waals surface area (Å²) >= 11 is 1.44. The van der Waals surface area contributed by atoms with Crippen molar-refractivity contribution in [2.75, 3.05) is 5.32 Å². The lowest BCUT2D eigenvalue weighted by atomic mass is 10.3. The number of benzene rings is 1. The van der Waals surface area contributed by atoms with Crippen LogP contribution in [0.3, 0.4) is 0 Å². The summed E-state index contributed by atoms with van der Waals surface area (Å²) < 4.78 is 1.98. The van der Waals surface area contributed by atoms with E-state index in [2.05, 4.69) is 27.4 Å². The van der Waals surface area contributed by atoms with E-state index in [0.717, 1.165) is 28.9 Å². The van der Waals surface area contributed by atoms with Crippen LogP contribution in [0.15, 0.2) is 30.6 Å². The van der Waals surface area contributed by atoms with Crippen LogP contribution in [0.4, 0.5) is 5.13 Å². The number of aryl methyl sites for hydroxylation is 2. The molecule has 1 N–H and O–H groups in total. The molecule has 6 nitrogen and oxygen atoms in total. The van der Waals surface area contributed by atoms with Crippen molar-refractivity contribution >= 4 is 33.4 Å². The normalized spacial score (nSPS) is 11.0. The molecule has 1 amide bonds. The van der Waals surface area contributed by atoms with E-state index in [4.69, 9.17) is 0 Å². The Labute approximate surface area is 132 Å². The van der Waals surface area contributed by atoms with Gasteiger partial charge < -0.3 is 9.88 Å². The molecular weight excluding hydrogens is 298 g/mol. The minimum absolute atomic E-state index is 0.0584. The van der Waals surface area contributed by atoms with Crippen LogP contribution in [0.2, 0.25) is 0 Å². The topological polar surface area (TPSA) is 72.7 Å². The molecule has 0 radical (unpaired) electrons. The lowest BCUT2D eigenvalue weighted by molar-refractivity contribution is -0.116. The van der Waals surface area contributed by atoms with E-state index in [1.165, 1.54) is 11.3 Å². The standard InChI is InChI=1S/C15H17N5OS/c1-2-5-14-18-19-15(22-14)17-13(21)8-9-20-10-16-11-6-3-4-7-12(11)20/h3-4,6-7,10H,2,5,8-9H2,1H3,(H,17,19,21). The zero-order chi connectivity index (χ0) is 15.4. The minimum Gasteiger partial charge on any atom is -0.330 e. The number of para-hydroxylation sites is 2. The third-order valence-corrected chi connectivity index (χ3v) is 4.18. The summed E-state index contributed by atoms with van der Waals surface area (Å²) in [5.74, 6) is -0.0584. The molecule has 0 spiro atoms. The zero-order valence-electron chi connectivity index (χ0n) is 12.3. The summed E-state index contributed by atoms with van der Waals surface area (Å²) in [7, 11) is 0. The number of amides is 1. The summed E-state index contributed by atoms with van der Waals surface area (Å²) in [5, 5.41) is 12.4. The first-order valence-corrected chi connectivity index (χ1v) is 8.10. The second kappa shape index (κ2) is 6.65. The molecule has 7 heteroatoms. The largest absolute Gasteiger partial charge is 0.330 e. The molecule has 3 rings (SSSR count). The Kier molecular flexibility index (Phi) is 4.43. The Morgan fingerprint density at radius 1 is 1.32 bits per heavy atom. The summed E-state index contributed by atoms with van der Waals surface area (Å²) in [6.07, 6.45) is 4.07. The number of fused-ring (bicyclic) bond motifs is 1. The molecule has 0 unspecified atom stereocenters. The van der Waals surface area contributed by atoms with E-state index in [9.17, 15) is 4.79 Å². The van der Waals surface area contributed by atoms with Gasteiger partial charge in [-0.2, -0.15) is 0 Å². The van der Waals surface area contributed by atoms with Crippen LogP contribution in [-0.2, 0) is 17.8 Å². The lowest BCUT2D eigenvalue weighted by Crippen LogP contribution is -2.14. The maximum atomic E-state index is 12.0. The predicted octanol–water partition coefficient (Wildman–Crippen LogP) is 2.87. The number of hydrogen-bond donors (Lipinski definition) is 1. The van der Waals surface area contributed by atoms with Gasteiger partial charge in [-0.05, 0) is 18.6 Å². The lowest BCUT2D eigenvalue weighted by Gasteiger charge is -2.04. The van der Waals surface area contributed by atoms with Gasteiger partial charge in [-0.3, -0.25) is 4.79 Å². The minimum atomic E-state index is -0.0584. The molecular formula is C15H17N5OS. The predicted molar refractivity (Wildman–Crippen MR) is 86.9 cm³/mol. The van der Waals surface area contributed by atoms with Crippen molar-refractivity contribution < 1.29 is 4.79 Å². The third-order valence-electron chi connectivity index (χ3n) is 3.28. The highest BCUT2D eigenvalue weighted by molar-refractivity contribution is 7.15. The van der Waals surface area contributed by atoms with E-state index in [1.807, 2.05) is 28.8 Å². The molecule has 22 heavy (non-hydrogen) atoms. The number of carbonyl (C=O) groups excluding carboxylic acids is 1. The Morgan fingerprint density at radius 2 is 2.18 bits per heavy atom. The van der Waals surface area contributed by atoms with Gasteiger partial charge in [0, 0.05) is 19.4 Å². The van der Waals surface area contributed by atoms with Gasteiger partial charge >= 0.3 is 0 Å². The first-order valence-electron chi connectivity index (χ1n) is 7.28. The Hall–Kier alpha value is -2.28. The van der Waals surface area contributed by atoms with E-state index in [0.29, 0.717) is 18.1 Å². The van der Waals surface area contributed by atoms with Gasteiger partial charge in [0.15, 0.2) is 0 Å². The van der Waals surface area contributed by atoms with Crippen molar-refractivity contribution in [1.29, 1.82) is 0 Å². The SMILES string of the molecule is CCCc1nnc(NC(=O)CCn2cnc3ccccc32)s1. The molecule has 0 saturated heterocycles. The second-order valence-corrected chi connectivity index (χ2v) is 6.04. The second-order valence-electron chi connectivity index (χ2n) is 4.98. The summed E-state index contributed by atoms with van der Waals surface area (Å²) in [5.41, 5.74) is 1.98. The number of rotatable bonds is 6. The van der Waals surface area contributed by atoms with E-state index in [1.54, 1.807) is 6.33 Å². The highest BCUT2D eigenvalue weighted by Crippen LogP contribution is 2.17. The molecule has 2 aromatic heterocycles. The van der Waals surface area contributed by atoms with Crippen LogP contribution >= 0.6 is 11.3 Å². The van der Waals surface area contributed by atoms with Crippen molar-refractivity contribution in [3.8, 4) is 0 Å². The zero-order valence-corrected chi connectivity index (χ0v) is 13.1. The third kappa shape index (κ3) is 3.30. The number of nitrogens with one attached hydrogen (secondary N) is 1. The van der Waals surface area contributed by atoms with Crippen molar-refractivity contribution in [2.45, 2.75) is 32.7 Å². The summed E-state index contributed by atoms with van der Waals surface area (Å²) in [6, 6.07) is 7.89. The van der Waals surface area contributed by atoms with Crippen LogP contribution in [0, 0.1) is 0 Å². The fourth-order valence-corrected chi connectivity index (χ4v) is 3.07. The van der Waals surface area contributed by atoms with E-state index < -0.39 is 0 Å². The van der Waals surface area contributed by atoms with Crippen molar-refractivity contribution in [3.05, 3.63) is 35.6 Å². The average Bonchev–Trinajstić information content (AvgIpc) is 3.12. The quantitative estimate of drug-likeness (QED) is 0.759. The van der Waals surface area contributed by atoms with Gasteiger partial charge in [0.1, 0.15) is 5.01 Å². The Bertz CT molecular complexity index is 779. The van der Waals surface area contributed by atoms with Gasteiger partial charge in [-0.25, -0.2) is 4.98 Å². The van der Waals surface area contributed by atoms with Crippen LogP contribution < -0.4 is 5.32 Å². The highest BCUT2D eigenvalue weighted by atomic mass is 32.1. The fraction of sp³-hybridized carbons (Fsp3) is 0.333. The van der Waals surface area contributed by atoms with Gasteiger partial charge in [0.05, 0.1) is 17.4 Å². The fourth-order valence-electron chi connectivity index (χ4n) is 2.21. The molecule has 3 aromatic rings. The molecule has 0 aliphatic heterocycles. The van der Waals surface area contributed by atoms with E-state index in [-0.39, 0.29) is 5.91 Å². The maximum Gasteiger partial charge on any atom is 0.227 e. The van der Waals surface area contributed by atoms with Crippen LogP contribution in [0.25, 0.3) is 11.0 Å². The molecule has 0 saturated carbocycles. The number of hydrogen-bond acceptors (Lipinski definition) is 5. The maximum absolute atomic E-state index is 12.0. The number of imidazole rings is 1. The van der Waals surface area contributed by atoms with Crippen molar-refractivity contribution in [1.82, 2.24) is 19.7 Å². The number of nitrogens with zero attached hydrogens (tertiary/aromatic N) is 4. The molecule has 0 aliphatic carbocycles. The smallest absolute Gasteiger partial charge is 0.227 e. The van der Waals surface area contributed by atoms with Crippen molar-refractivity contribution in [2.24, 2.45) is 0 Å². The molecule has 2 heterocycles. The van der Waals surface area contributed by atoms with Gasteiger partial charge in [0.2, 0.25) is 11.0 Å². The van der Waals surface area contributed by atoms with Gasteiger partial charge in [-0.15, -0.1) is 10.2 Å². The number of aromatic nitrogens is 4. The molecule has 1 aromatic carbocycles. The van der Waals surface area contributed by atoms with Crippen LogP contribution in [0.1, 0.15) is 24.8 Å². The van der Waals surface area contributed by atoms with Crippen LogP contribution in [0.5, 0.6) is 0 Å². The molecule has 114 valence electrons. The van der Waals surface area contributed by atoms with E-state index >= 15 is 0 Å². The molecule has 0 fully saturated rings. The average molecular weight is 315 g/mol. The number of anilines is 1. The van der Waals surface area contributed by atoms with Gasteiger partial charge in [-0.1, -0.05) is 30.4 Å². The van der Waals surface area contributed by atoms with Crippen molar-refractivity contribution in [3.63, 3.8) is 0 Å². The number of carbonyl (C=O) groups is 1. The Morgan fingerprint density at radius 3 is 3.05 bits per heavy atom. The molecule has 0 bridgehead atoms. The van der Waals surface area contributed by atoms with Crippen LogP contribution in [-0.4, -0.2) is 25.7 Å². The highest BCUT2D eigenvalue weighted by Gasteiger charge is 2.09.